The maximum Gasteiger partial charge on any atom is 0.326 e. The Morgan fingerprint density at radius 3 is 1.26 bits per heavy atom. The van der Waals surface area contributed by atoms with Crippen molar-refractivity contribution in [3.8, 4) is 0 Å². The molecule has 0 saturated carbocycles. The van der Waals surface area contributed by atoms with E-state index in [0.29, 0.717) is 0 Å². The molecule has 0 fully saturated rings. The summed E-state index contributed by atoms with van der Waals surface area (Å²) in [5.41, 5.74) is 5.48. The molecule has 0 aliphatic heterocycles. The molecular weight excluding hydrogens is 468 g/mol. The lowest BCUT2D eigenvalue weighted by Gasteiger charge is -2.23. The third-order valence-electron chi connectivity index (χ3n) is 4.02. The Labute approximate surface area is 190 Å². The Morgan fingerprint density at radius 1 is 0.559 bits per heavy atom. The highest BCUT2D eigenvalue weighted by Gasteiger charge is 2.33. The number of carboxylic acids is 5. The summed E-state index contributed by atoms with van der Waals surface area (Å²) in [5, 5.41) is 49.8. The lowest BCUT2D eigenvalue weighted by molar-refractivity contribution is -0.148. The molecule has 0 spiro atoms. The van der Waals surface area contributed by atoms with Crippen LogP contribution in [-0.2, 0) is 38.4 Å². The van der Waals surface area contributed by atoms with Crippen LogP contribution in [0.3, 0.4) is 0 Å². The van der Waals surface area contributed by atoms with Crippen molar-refractivity contribution in [2.45, 2.75) is 56.3 Å². The Kier molecular flexibility index (Phi) is 12.2. The number of carbonyl (C=O) groups excluding carboxylic acids is 3. The van der Waals surface area contributed by atoms with Gasteiger partial charge >= 0.3 is 29.8 Å². The number of carbonyl (C=O) groups is 8. The number of amides is 3. The largest absolute Gasteiger partial charge is 0.481 e. The van der Waals surface area contributed by atoms with Gasteiger partial charge in [0.05, 0.1) is 25.3 Å². The second-order valence-electron chi connectivity index (χ2n) is 6.85. The topological polar surface area (TPSA) is 300 Å². The Balaban J connectivity index is 5.54. The first-order valence-electron chi connectivity index (χ1n) is 9.40. The molecule has 0 rings (SSSR count). The molecule has 0 aliphatic carbocycles. The molecule has 10 N–H and O–H groups in total. The number of nitrogens with one attached hydrogen (secondary N) is 3. The minimum atomic E-state index is -1.98. The second-order valence-corrected chi connectivity index (χ2v) is 6.85. The van der Waals surface area contributed by atoms with E-state index in [1.807, 2.05) is 10.6 Å². The summed E-state index contributed by atoms with van der Waals surface area (Å²) in [6.45, 7) is 0. The Hall–Kier alpha value is -4.28. The van der Waals surface area contributed by atoms with E-state index in [9.17, 15) is 38.4 Å². The molecule has 190 valence electrons. The quantitative estimate of drug-likeness (QED) is 0.0996. The van der Waals surface area contributed by atoms with Crippen LogP contribution >= 0.6 is 0 Å². The van der Waals surface area contributed by atoms with Crippen LogP contribution in [0.4, 0.5) is 0 Å². The van der Waals surface area contributed by atoms with Crippen LogP contribution in [0.25, 0.3) is 0 Å². The van der Waals surface area contributed by atoms with Gasteiger partial charge in [-0.2, -0.15) is 0 Å². The third-order valence-corrected chi connectivity index (χ3v) is 4.02. The van der Waals surface area contributed by atoms with Gasteiger partial charge in [0, 0.05) is 6.42 Å². The van der Waals surface area contributed by atoms with E-state index >= 15 is 0 Å². The van der Waals surface area contributed by atoms with Gasteiger partial charge in [0.1, 0.15) is 18.1 Å². The highest BCUT2D eigenvalue weighted by molar-refractivity contribution is 5.97. The molecule has 0 aromatic heterocycles. The van der Waals surface area contributed by atoms with Crippen LogP contribution in [0, 0.1) is 0 Å². The van der Waals surface area contributed by atoms with Crippen molar-refractivity contribution in [3.63, 3.8) is 0 Å². The predicted octanol–water partition coefficient (Wildman–Crippen LogP) is -3.86. The van der Waals surface area contributed by atoms with Gasteiger partial charge in [-0.15, -0.1) is 0 Å². The van der Waals surface area contributed by atoms with Gasteiger partial charge in [0.2, 0.25) is 17.7 Å². The van der Waals surface area contributed by atoms with Crippen LogP contribution in [0.5, 0.6) is 0 Å². The zero-order valence-corrected chi connectivity index (χ0v) is 17.4. The van der Waals surface area contributed by atoms with E-state index in [1.165, 1.54) is 0 Å². The van der Waals surface area contributed by atoms with Gasteiger partial charge in [0.25, 0.3) is 0 Å². The predicted molar refractivity (Wildman–Crippen MR) is 105 cm³/mol. The Morgan fingerprint density at radius 2 is 0.912 bits per heavy atom. The second kappa shape index (κ2) is 14.0. The number of hydrogen-bond donors (Lipinski definition) is 9. The zero-order chi connectivity index (χ0) is 26.6. The molecule has 0 bridgehead atoms. The minimum absolute atomic E-state index is 0.354. The maximum atomic E-state index is 12.5. The van der Waals surface area contributed by atoms with E-state index in [2.05, 4.69) is 0 Å². The summed E-state index contributed by atoms with van der Waals surface area (Å²) in [5.74, 6) is -11.7. The number of rotatable bonds is 16. The number of carboxylic acid groups (broad SMARTS) is 5. The van der Waals surface area contributed by atoms with Crippen LogP contribution < -0.4 is 21.7 Å². The summed E-state index contributed by atoms with van der Waals surface area (Å²) in [6, 6.07) is -7.26. The summed E-state index contributed by atoms with van der Waals surface area (Å²) < 4.78 is 0. The van der Waals surface area contributed by atoms with Crippen molar-refractivity contribution in [2.75, 3.05) is 0 Å². The van der Waals surface area contributed by atoms with Crippen molar-refractivity contribution in [1.29, 1.82) is 0 Å². The summed E-state index contributed by atoms with van der Waals surface area (Å²) in [7, 11) is 0. The lowest BCUT2D eigenvalue weighted by Crippen LogP contribution is -2.58. The first-order valence-corrected chi connectivity index (χ1v) is 9.40. The fourth-order valence-corrected chi connectivity index (χ4v) is 2.38. The molecule has 17 heteroatoms. The van der Waals surface area contributed by atoms with Gasteiger partial charge in [0.15, 0.2) is 0 Å². The fraction of sp³-hybridized carbons (Fsp3) is 0.529. The van der Waals surface area contributed by atoms with Gasteiger partial charge in [-0.1, -0.05) is 0 Å². The van der Waals surface area contributed by atoms with Crippen LogP contribution in [0.2, 0.25) is 0 Å². The van der Waals surface area contributed by atoms with Gasteiger partial charge in [-0.25, -0.2) is 4.79 Å². The van der Waals surface area contributed by atoms with Gasteiger partial charge in [-0.05, 0) is 6.42 Å². The molecule has 0 saturated heterocycles. The standard InChI is InChI=1S/C17H24N4O13/c18-6(1-2-10(22)23)14(30)19-7(3-11(24)25)15(31)20-8(4-12(26)27)16(32)21-9(17(33)34)5-13(28)29/h6-9H,1-5,18H2,(H,19,30)(H,20,31)(H,21,32)(H,22,23)(H,24,25)(H,26,27)(H,28,29)(H,33,34). The SMILES string of the molecule is NC(CCC(=O)O)C(=O)NC(CC(=O)O)C(=O)NC(CC(=O)O)C(=O)NC(CC(=O)O)C(=O)O. The van der Waals surface area contributed by atoms with Crippen molar-refractivity contribution in [1.82, 2.24) is 16.0 Å². The number of nitrogens with two attached hydrogens (primary N) is 1. The first kappa shape index (κ1) is 29.7. The molecule has 0 radical (unpaired) electrons. The van der Waals surface area contributed by atoms with Crippen molar-refractivity contribution >= 4 is 47.6 Å². The molecule has 17 nitrogen and oxygen atoms in total. The number of aliphatic carboxylic acids is 5. The van der Waals surface area contributed by atoms with E-state index in [1.54, 1.807) is 5.32 Å². The van der Waals surface area contributed by atoms with Crippen molar-refractivity contribution in [3.05, 3.63) is 0 Å². The maximum absolute atomic E-state index is 12.5. The van der Waals surface area contributed by atoms with Gasteiger partial charge in [-0.3, -0.25) is 33.6 Å². The average Bonchev–Trinajstić information content (AvgIpc) is 2.68. The summed E-state index contributed by atoms with van der Waals surface area (Å²) >= 11 is 0. The molecule has 0 aromatic rings. The highest BCUT2D eigenvalue weighted by atomic mass is 16.4. The monoisotopic (exact) mass is 492 g/mol. The first-order chi connectivity index (χ1) is 15.6. The third kappa shape index (κ3) is 11.9. The molecule has 4 unspecified atom stereocenters. The van der Waals surface area contributed by atoms with Crippen LogP contribution in [0.15, 0.2) is 0 Å². The lowest BCUT2D eigenvalue weighted by atomic mass is 10.1. The smallest absolute Gasteiger partial charge is 0.326 e. The molecular formula is C17H24N4O13. The minimum Gasteiger partial charge on any atom is -0.481 e. The molecule has 0 aromatic carbocycles. The highest BCUT2D eigenvalue weighted by Crippen LogP contribution is 2.03. The number of hydrogen-bond acceptors (Lipinski definition) is 9. The molecule has 34 heavy (non-hydrogen) atoms. The zero-order valence-electron chi connectivity index (χ0n) is 17.4. The van der Waals surface area contributed by atoms with Gasteiger partial charge < -0.3 is 47.2 Å². The van der Waals surface area contributed by atoms with E-state index < -0.39 is 97.4 Å². The van der Waals surface area contributed by atoms with E-state index in [0.717, 1.165) is 0 Å². The normalized spacial score (nSPS) is 13.9. The average molecular weight is 492 g/mol. The Bertz CT molecular complexity index is 843. The van der Waals surface area contributed by atoms with E-state index in [4.69, 9.17) is 31.3 Å². The van der Waals surface area contributed by atoms with Crippen molar-refractivity contribution in [2.24, 2.45) is 5.73 Å². The molecule has 0 heterocycles. The van der Waals surface area contributed by atoms with Crippen molar-refractivity contribution < 1.29 is 63.9 Å². The molecule has 4 atom stereocenters. The van der Waals surface area contributed by atoms with Crippen LogP contribution in [0.1, 0.15) is 32.1 Å². The molecule has 0 aliphatic rings. The van der Waals surface area contributed by atoms with E-state index in [-0.39, 0.29) is 6.42 Å². The van der Waals surface area contributed by atoms with Crippen LogP contribution in [-0.4, -0.2) is 97.3 Å². The summed E-state index contributed by atoms with van der Waals surface area (Å²) in [6.07, 6.45) is -4.08. The fourth-order valence-electron chi connectivity index (χ4n) is 2.38. The molecule has 3 amide bonds. The summed E-state index contributed by atoms with van der Waals surface area (Å²) in [4.78, 5) is 91.4.